The van der Waals surface area contributed by atoms with Gasteiger partial charge in [0.2, 0.25) is 5.91 Å². The molecule has 1 saturated heterocycles. The molecule has 0 spiro atoms. The fourth-order valence-corrected chi connectivity index (χ4v) is 2.32. The third kappa shape index (κ3) is 2.64. The van der Waals surface area contributed by atoms with Crippen molar-refractivity contribution in [3.63, 3.8) is 0 Å². The molecule has 1 aromatic rings. The van der Waals surface area contributed by atoms with Gasteiger partial charge >= 0.3 is 0 Å². The van der Waals surface area contributed by atoms with Crippen molar-refractivity contribution in [3.05, 3.63) is 29.8 Å². The number of para-hydroxylation sites is 1. The highest BCUT2D eigenvalue weighted by molar-refractivity contribution is 5.84. The van der Waals surface area contributed by atoms with Crippen LogP contribution >= 0.6 is 0 Å². The molecule has 1 aliphatic heterocycles. The summed E-state index contributed by atoms with van der Waals surface area (Å²) in [6.45, 7) is 5.29. The molecule has 1 fully saturated rings. The molecule has 1 unspecified atom stereocenters. The molecule has 4 nitrogen and oxygen atoms in total. The van der Waals surface area contributed by atoms with E-state index in [-0.39, 0.29) is 11.8 Å². The summed E-state index contributed by atoms with van der Waals surface area (Å²) in [5.41, 5.74) is 0.962. The van der Waals surface area contributed by atoms with Crippen LogP contribution in [-0.2, 0) is 4.79 Å². The number of methoxy groups -OCH3 is 1. The molecule has 1 aromatic carbocycles. The summed E-state index contributed by atoms with van der Waals surface area (Å²) in [5.74, 6) is 0.814. The molecule has 0 saturated carbocycles. The Morgan fingerprint density at radius 3 is 2.67 bits per heavy atom. The van der Waals surface area contributed by atoms with Crippen LogP contribution in [0.25, 0.3) is 0 Å². The molecule has 98 valence electrons. The Hall–Kier alpha value is -1.55. The van der Waals surface area contributed by atoms with E-state index in [1.165, 1.54) is 0 Å². The van der Waals surface area contributed by atoms with Crippen LogP contribution in [0.3, 0.4) is 0 Å². The van der Waals surface area contributed by atoms with E-state index in [4.69, 9.17) is 4.74 Å². The second-order valence-corrected chi connectivity index (χ2v) is 4.54. The Balaban J connectivity index is 2.14. The smallest absolute Gasteiger partial charge is 0.230 e. The van der Waals surface area contributed by atoms with Crippen molar-refractivity contribution in [2.45, 2.75) is 12.8 Å². The van der Waals surface area contributed by atoms with Crippen LogP contribution in [0.1, 0.15) is 18.4 Å². The largest absolute Gasteiger partial charge is 0.496 e. The number of amides is 1. The number of nitrogens with zero attached hydrogens (tertiary/aromatic N) is 1. The molecule has 0 bridgehead atoms. The second-order valence-electron chi connectivity index (χ2n) is 4.54. The Morgan fingerprint density at radius 2 is 2.00 bits per heavy atom. The van der Waals surface area contributed by atoms with Crippen LogP contribution in [0.5, 0.6) is 5.75 Å². The van der Waals surface area contributed by atoms with Gasteiger partial charge in [-0.15, -0.1) is 0 Å². The van der Waals surface area contributed by atoms with E-state index < -0.39 is 0 Å². The van der Waals surface area contributed by atoms with Gasteiger partial charge in [-0.25, -0.2) is 0 Å². The van der Waals surface area contributed by atoms with Crippen LogP contribution < -0.4 is 10.1 Å². The number of piperazine rings is 1. The molecule has 2 rings (SSSR count). The highest BCUT2D eigenvalue weighted by atomic mass is 16.5. The summed E-state index contributed by atoms with van der Waals surface area (Å²) >= 11 is 0. The standard InChI is InChI=1S/C14H20N2O2/c1-11(12-5-3-4-6-13(12)18-2)14(17)16-9-7-15-8-10-16/h3-6,11,15H,7-10H2,1-2H3. The number of carbonyl (C=O) groups is 1. The number of nitrogens with one attached hydrogen (secondary N) is 1. The van der Waals surface area contributed by atoms with Crippen molar-refractivity contribution in [1.82, 2.24) is 10.2 Å². The molecule has 1 heterocycles. The first kappa shape index (κ1) is 12.9. The normalized spacial score (nSPS) is 17.3. The molecule has 0 aromatic heterocycles. The molecule has 0 radical (unpaired) electrons. The Labute approximate surface area is 108 Å². The molecule has 1 N–H and O–H groups in total. The maximum atomic E-state index is 12.4. The maximum Gasteiger partial charge on any atom is 0.230 e. The van der Waals surface area contributed by atoms with E-state index in [0.29, 0.717) is 0 Å². The van der Waals surface area contributed by atoms with E-state index in [9.17, 15) is 4.79 Å². The molecule has 4 heteroatoms. The fraction of sp³-hybridized carbons (Fsp3) is 0.500. The van der Waals surface area contributed by atoms with Crippen molar-refractivity contribution in [2.24, 2.45) is 0 Å². The van der Waals surface area contributed by atoms with Gasteiger partial charge in [-0.1, -0.05) is 18.2 Å². The first-order chi connectivity index (χ1) is 8.74. The van der Waals surface area contributed by atoms with Crippen molar-refractivity contribution in [3.8, 4) is 5.75 Å². The monoisotopic (exact) mass is 248 g/mol. The first-order valence-corrected chi connectivity index (χ1v) is 6.36. The van der Waals surface area contributed by atoms with E-state index >= 15 is 0 Å². The summed E-state index contributed by atoms with van der Waals surface area (Å²) in [4.78, 5) is 14.3. The van der Waals surface area contributed by atoms with Crippen LogP contribution in [-0.4, -0.2) is 44.1 Å². The van der Waals surface area contributed by atoms with Crippen LogP contribution in [0, 0.1) is 0 Å². The van der Waals surface area contributed by atoms with Crippen LogP contribution in [0.15, 0.2) is 24.3 Å². The lowest BCUT2D eigenvalue weighted by molar-refractivity contribution is -0.133. The topological polar surface area (TPSA) is 41.6 Å². The predicted molar refractivity (Wildman–Crippen MR) is 70.9 cm³/mol. The third-order valence-corrected chi connectivity index (χ3v) is 3.40. The number of hydrogen-bond donors (Lipinski definition) is 1. The van der Waals surface area contributed by atoms with E-state index in [0.717, 1.165) is 37.5 Å². The zero-order chi connectivity index (χ0) is 13.0. The fourth-order valence-electron chi connectivity index (χ4n) is 2.32. The van der Waals surface area contributed by atoms with Gasteiger partial charge in [0.15, 0.2) is 0 Å². The van der Waals surface area contributed by atoms with Crippen molar-refractivity contribution in [2.75, 3.05) is 33.3 Å². The summed E-state index contributed by atoms with van der Waals surface area (Å²) in [5, 5.41) is 3.25. The number of ether oxygens (including phenoxy) is 1. The Morgan fingerprint density at radius 1 is 1.33 bits per heavy atom. The Kier molecular flexibility index (Phi) is 4.20. The van der Waals surface area contributed by atoms with E-state index in [2.05, 4.69) is 5.32 Å². The minimum atomic E-state index is -0.153. The van der Waals surface area contributed by atoms with E-state index in [1.807, 2.05) is 36.1 Å². The summed E-state index contributed by atoms with van der Waals surface area (Å²) < 4.78 is 5.32. The highest BCUT2D eigenvalue weighted by Crippen LogP contribution is 2.27. The minimum Gasteiger partial charge on any atom is -0.496 e. The van der Waals surface area contributed by atoms with Gasteiger partial charge in [0.1, 0.15) is 5.75 Å². The molecule has 18 heavy (non-hydrogen) atoms. The molecule has 0 aliphatic carbocycles. The molecular weight excluding hydrogens is 228 g/mol. The van der Waals surface area contributed by atoms with Gasteiger partial charge < -0.3 is 15.0 Å². The van der Waals surface area contributed by atoms with Gasteiger partial charge in [-0.2, -0.15) is 0 Å². The van der Waals surface area contributed by atoms with Gasteiger partial charge in [-0.05, 0) is 13.0 Å². The summed E-state index contributed by atoms with van der Waals surface area (Å²) in [7, 11) is 1.64. The van der Waals surface area contributed by atoms with Crippen LogP contribution in [0.4, 0.5) is 0 Å². The number of benzene rings is 1. The molecule has 1 atom stereocenters. The van der Waals surface area contributed by atoms with Gasteiger partial charge in [0.05, 0.1) is 13.0 Å². The van der Waals surface area contributed by atoms with Gasteiger partial charge in [-0.3, -0.25) is 4.79 Å². The van der Waals surface area contributed by atoms with Crippen molar-refractivity contribution >= 4 is 5.91 Å². The van der Waals surface area contributed by atoms with Crippen molar-refractivity contribution < 1.29 is 9.53 Å². The van der Waals surface area contributed by atoms with Crippen molar-refractivity contribution in [1.29, 1.82) is 0 Å². The highest BCUT2D eigenvalue weighted by Gasteiger charge is 2.24. The Bertz CT molecular complexity index is 414. The van der Waals surface area contributed by atoms with Crippen LogP contribution in [0.2, 0.25) is 0 Å². The molecular formula is C14H20N2O2. The number of rotatable bonds is 3. The zero-order valence-electron chi connectivity index (χ0n) is 11.0. The molecule has 1 aliphatic rings. The third-order valence-electron chi connectivity index (χ3n) is 3.40. The lowest BCUT2D eigenvalue weighted by atomic mass is 9.98. The van der Waals surface area contributed by atoms with E-state index in [1.54, 1.807) is 7.11 Å². The SMILES string of the molecule is COc1ccccc1C(C)C(=O)N1CCNCC1. The maximum absolute atomic E-state index is 12.4. The van der Waals surface area contributed by atoms with Gasteiger partial charge in [0, 0.05) is 31.7 Å². The average Bonchev–Trinajstić information content (AvgIpc) is 2.46. The average molecular weight is 248 g/mol. The predicted octanol–water partition coefficient (Wildman–Crippen LogP) is 1.23. The first-order valence-electron chi connectivity index (χ1n) is 6.36. The lowest BCUT2D eigenvalue weighted by Gasteiger charge is -2.30. The molecule has 1 amide bonds. The minimum absolute atomic E-state index is 0.153. The quantitative estimate of drug-likeness (QED) is 0.875. The lowest BCUT2D eigenvalue weighted by Crippen LogP contribution is -2.47. The number of carbonyl (C=O) groups excluding carboxylic acids is 1. The summed E-state index contributed by atoms with van der Waals surface area (Å²) in [6.07, 6.45) is 0. The second kappa shape index (κ2) is 5.87. The zero-order valence-corrected chi connectivity index (χ0v) is 11.0. The van der Waals surface area contributed by atoms with Gasteiger partial charge in [0.25, 0.3) is 0 Å². The summed E-state index contributed by atoms with van der Waals surface area (Å²) in [6, 6.07) is 7.73. The number of hydrogen-bond acceptors (Lipinski definition) is 3.